The molecule has 2 heterocycles. The number of carbonyl (C=O) groups is 3. The molecule has 0 aliphatic rings. The van der Waals surface area contributed by atoms with E-state index in [0.717, 1.165) is 11.3 Å². The number of aromatic nitrogens is 2. The van der Waals surface area contributed by atoms with Gasteiger partial charge in [-0.2, -0.15) is 4.98 Å². The summed E-state index contributed by atoms with van der Waals surface area (Å²) in [5.74, 6) is -0.227. The Bertz CT molecular complexity index is 1360. The number of anilines is 3. The highest BCUT2D eigenvalue weighted by molar-refractivity contribution is 7.14. The minimum atomic E-state index is -1.08. The number of aryl methyl sites for hydroxylation is 1. The van der Waals surface area contributed by atoms with E-state index in [0.29, 0.717) is 54.0 Å². The molecule has 42 heavy (non-hydrogen) atoms. The van der Waals surface area contributed by atoms with Crippen LogP contribution in [-0.2, 0) is 11.2 Å². The first-order valence-electron chi connectivity index (χ1n) is 14.1. The van der Waals surface area contributed by atoms with Crippen molar-refractivity contribution in [2.24, 2.45) is 0 Å². The number of ether oxygens (including phenoxy) is 1. The average molecular weight is 597 g/mol. The van der Waals surface area contributed by atoms with Crippen LogP contribution in [0.3, 0.4) is 0 Å². The monoisotopic (exact) mass is 596 g/mol. The van der Waals surface area contributed by atoms with Gasteiger partial charge in [0, 0.05) is 44.5 Å². The number of benzene rings is 1. The fraction of sp³-hybridized carbons (Fsp3) is 0.433. The van der Waals surface area contributed by atoms with Gasteiger partial charge in [-0.05, 0) is 63.9 Å². The van der Waals surface area contributed by atoms with Crippen molar-refractivity contribution in [3.8, 4) is 5.75 Å². The lowest BCUT2D eigenvalue weighted by atomic mass is 10.1. The second-order valence-corrected chi connectivity index (χ2v) is 11.0. The first-order valence-corrected chi connectivity index (χ1v) is 14.9. The molecule has 0 bridgehead atoms. The lowest BCUT2D eigenvalue weighted by Gasteiger charge is -2.26. The molecule has 0 saturated heterocycles. The molecule has 2 N–H and O–H groups in total. The van der Waals surface area contributed by atoms with E-state index >= 15 is 0 Å². The first kappa shape index (κ1) is 32.3. The van der Waals surface area contributed by atoms with Crippen LogP contribution in [0, 0.1) is 6.92 Å². The number of carboxylic acids is 1. The number of aliphatic carboxylic acids is 1. The van der Waals surface area contributed by atoms with Crippen LogP contribution >= 0.6 is 11.3 Å². The van der Waals surface area contributed by atoms with Gasteiger partial charge in [0.25, 0.3) is 5.91 Å². The summed E-state index contributed by atoms with van der Waals surface area (Å²) in [6.45, 7) is 12.0. The summed E-state index contributed by atoms with van der Waals surface area (Å²) in [6, 6.07) is 9.34. The fourth-order valence-electron chi connectivity index (χ4n) is 4.33. The molecule has 1 atom stereocenters. The van der Waals surface area contributed by atoms with Gasteiger partial charge in [-0.15, -0.1) is 11.3 Å². The van der Waals surface area contributed by atoms with Crippen molar-refractivity contribution in [3.05, 3.63) is 57.9 Å². The second-order valence-electron chi connectivity index (χ2n) is 9.71. The molecule has 11 nitrogen and oxygen atoms in total. The minimum absolute atomic E-state index is 0.119. The maximum Gasteiger partial charge on any atom is 0.414 e. The van der Waals surface area contributed by atoms with Crippen molar-refractivity contribution in [2.45, 2.75) is 53.5 Å². The number of carboxylic acid groups (broad SMARTS) is 1. The summed E-state index contributed by atoms with van der Waals surface area (Å²) >= 11 is 1.40. The van der Waals surface area contributed by atoms with Gasteiger partial charge in [0.1, 0.15) is 17.5 Å². The predicted octanol–water partition coefficient (Wildman–Crippen LogP) is 5.31. The van der Waals surface area contributed by atoms with Crippen molar-refractivity contribution in [3.63, 3.8) is 0 Å². The minimum Gasteiger partial charge on any atom is -0.480 e. The highest BCUT2D eigenvalue weighted by Gasteiger charge is 2.26. The standard InChI is InChI=1S/C30H40N6O5S/c1-7-17-34(6)30(40)41-22-14-12-21(13-15-22)18-23(28(38)39)32-26-24(19-31-29(33-26)35(8-2)9-3)36(10-4)27(37)25-16-11-20(5)42-25/h11-16,19,23H,7-10,17-18H2,1-6H3,(H,38,39)(H,31,32,33). The SMILES string of the molecule is CCCN(C)C(=O)Oc1ccc(CC(Nc2nc(N(CC)CC)ncc2N(CC)C(=O)c2ccc(C)s2)C(=O)O)cc1. The number of amides is 2. The molecule has 0 aliphatic carbocycles. The Labute approximate surface area is 251 Å². The first-order chi connectivity index (χ1) is 20.1. The summed E-state index contributed by atoms with van der Waals surface area (Å²) < 4.78 is 5.40. The topological polar surface area (TPSA) is 128 Å². The summed E-state index contributed by atoms with van der Waals surface area (Å²) in [5, 5.41) is 13.2. The molecule has 12 heteroatoms. The predicted molar refractivity (Wildman–Crippen MR) is 166 cm³/mol. The van der Waals surface area contributed by atoms with E-state index in [-0.39, 0.29) is 18.1 Å². The number of nitrogens with one attached hydrogen (secondary N) is 1. The molecule has 2 aromatic heterocycles. The number of hydrogen-bond acceptors (Lipinski definition) is 9. The van der Waals surface area contributed by atoms with Crippen molar-refractivity contribution >= 4 is 46.8 Å². The number of hydrogen-bond donors (Lipinski definition) is 2. The van der Waals surface area contributed by atoms with Crippen LogP contribution < -0.4 is 19.9 Å². The molecule has 2 amide bonds. The third-order valence-corrected chi connectivity index (χ3v) is 7.64. The number of rotatable bonds is 14. The molecule has 1 aromatic carbocycles. The highest BCUT2D eigenvalue weighted by Crippen LogP contribution is 2.29. The van der Waals surface area contributed by atoms with Crippen LogP contribution in [0.5, 0.6) is 5.75 Å². The Morgan fingerprint density at radius 2 is 1.71 bits per heavy atom. The van der Waals surface area contributed by atoms with Crippen LogP contribution in [0.1, 0.15) is 54.2 Å². The van der Waals surface area contributed by atoms with E-state index < -0.39 is 18.1 Å². The van der Waals surface area contributed by atoms with Crippen LogP contribution in [0.2, 0.25) is 0 Å². The quantitative estimate of drug-likeness (QED) is 0.254. The van der Waals surface area contributed by atoms with Crippen LogP contribution in [-0.4, -0.2) is 77.2 Å². The van der Waals surface area contributed by atoms with E-state index in [1.807, 2.05) is 45.6 Å². The third-order valence-electron chi connectivity index (χ3n) is 6.65. The van der Waals surface area contributed by atoms with E-state index in [2.05, 4.69) is 10.3 Å². The van der Waals surface area contributed by atoms with Gasteiger partial charge in [0.2, 0.25) is 5.95 Å². The average Bonchev–Trinajstić information content (AvgIpc) is 3.41. The zero-order valence-corrected chi connectivity index (χ0v) is 25.9. The molecule has 0 fully saturated rings. The highest BCUT2D eigenvalue weighted by atomic mass is 32.1. The maximum atomic E-state index is 13.5. The van der Waals surface area contributed by atoms with E-state index in [1.54, 1.807) is 48.5 Å². The molecule has 0 aliphatic heterocycles. The largest absolute Gasteiger partial charge is 0.480 e. The Morgan fingerprint density at radius 1 is 1.02 bits per heavy atom. The van der Waals surface area contributed by atoms with E-state index in [1.165, 1.54) is 16.2 Å². The summed E-state index contributed by atoms with van der Waals surface area (Å²) in [5.41, 5.74) is 1.11. The normalized spacial score (nSPS) is 11.5. The van der Waals surface area contributed by atoms with Gasteiger partial charge in [-0.1, -0.05) is 19.1 Å². The third kappa shape index (κ3) is 8.19. The fourth-order valence-corrected chi connectivity index (χ4v) is 5.15. The van der Waals surface area contributed by atoms with E-state index in [4.69, 9.17) is 9.72 Å². The number of nitrogens with zero attached hydrogens (tertiary/aromatic N) is 5. The van der Waals surface area contributed by atoms with Gasteiger partial charge < -0.3 is 29.9 Å². The van der Waals surface area contributed by atoms with Crippen molar-refractivity contribution in [2.75, 3.05) is 48.3 Å². The molecule has 3 rings (SSSR count). The van der Waals surface area contributed by atoms with Gasteiger partial charge in [0.05, 0.1) is 11.1 Å². The molecular weight excluding hydrogens is 556 g/mol. The molecule has 0 spiro atoms. The Kier molecular flexibility index (Phi) is 11.7. The number of thiophene rings is 1. The van der Waals surface area contributed by atoms with Crippen LogP contribution in [0.15, 0.2) is 42.6 Å². The zero-order valence-electron chi connectivity index (χ0n) is 25.1. The smallest absolute Gasteiger partial charge is 0.414 e. The molecular formula is C30H40N6O5S. The second kappa shape index (κ2) is 15.2. The Balaban J connectivity index is 1.90. The summed E-state index contributed by atoms with van der Waals surface area (Å²) in [4.78, 5) is 53.9. The van der Waals surface area contributed by atoms with Gasteiger partial charge in [-0.25, -0.2) is 14.6 Å². The molecule has 226 valence electrons. The maximum absolute atomic E-state index is 13.5. The van der Waals surface area contributed by atoms with Crippen LogP contribution in [0.25, 0.3) is 0 Å². The zero-order chi connectivity index (χ0) is 30.8. The van der Waals surface area contributed by atoms with Gasteiger partial charge in [-0.3, -0.25) is 4.79 Å². The van der Waals surface area contributed by atoms with Gasteiger partial charge in [0.15, 0.2) is 5.82 Å². The van der Waals surface area contributed by atoms with Crippen molar-refractivity contribution in [1.82, 2.24) is 14.9 Å². The Hall–Kier alpha value is -4.19. The number of carbonyl (C=O) groups excluding carboxylic acids is 2. The van der Waals surface area contributed by atoms with Gasteiger partial charge >= 0.3 is 12.1 Å². The molecule has 0 radical (unpaired) electrons. The molecule has 1 unspecified atom stereocenters. The summed E-state index contributed by atoms with van der Waals surface area (Å²) in [7, 11) is 1.67. The lowest BCUT2D eigenvalue weighted by Crippen LogP contribution is -2.36. The summed E-state index contributed by atoms with van der Waals surface area (Å²) in [6.07, 6.45) is 2.05. The van der Waals surface area contributed by atoms with Crippen molar-refractivity contribution < 1.29 is 24.2 Å². The Morgan fingerprint density at radius 3 is 2.26 bits per heavy atom. The molecule has 0 saturated carbocycles. The van der Waals surface area contributed by atoms with Crippen LogP contribution in [0.4, 0.5) is 22.2 Å². The van der Waals surface area contributed by atoms with Crippen molar-refractivity contribution in [1.29, 1.82) is 0 Å². The lowest BCUT2D eigenvalue weighted by molar-refractivity contribution is -0.137. The van der Waals surface area contributed by atoms with E-state index in [9.17, 15) is 19.5 Å². The molecule has 3 aromatic rings.